The van der Waals surface area contributed by atoms with E-state index in [1.54, 1.807) is 0 Å². The Kier molecular flexibility index (Phi) is 12.2. The van der Waals surface area contributed by atoms with Crippen LogP contribution in [0.5, 0.6) is 0 Å². The summed E-state index contributed by atoms with van der Waals surface area (Å²) in [6.45, 7) is 2.85. The molecule has 0 bridgehead atoms. The molecule has 0 saturated heterocycles. The van der Waals surface area contributed by atoms with Gasteiger partial charge in [0.25, 0.3) is 0 Å². The first-order valence-electron chi connectivity index (χ1n) is 11.7. The zero-order valence-corrected chi connectivity index (χ0v) is 20.5. The van der Waals surface area contributed by atoms with Crippen LogP contribution in [-0.4, -0.2) is 32.6 Å². The van der Waals surface area contributed by atoms with Gasteiger partial charge in [-0.2, -0.15) is 4.98 Å². The van der Waals surface area contributed by atoms with E-state index >= 15 is 0 Å². The highest BCUT2D eigenvalue weighted by Gasteiger charge is 2.14. The van der Waals surface area contributed by atoms with Crippen LogP contribution in [0.4, 0.5) is 0 Å². The molecule has 0 unspecified atom stereocenters. The van der Waals surface area contributed by atoms with E-state index in [0.717, 1.165) is 37.1 Å². The molecule has 0 aliphatic heterocycles. The summed E-state index contributed by atoms with van der Waals surface area (Å²) >= 11 is 12.1. The second-order valence-electron chi connectivity index (χ2n) is 8.19. The highest BCUT2D eigenvalue weighted by atomic mass is 35.5. The molecule has 0 aliphatic carbocycles. The van der Waals surface area contributed by atoms with Crippen LogP contribution in [0.1, 0.15) is 95.7 Å². The second-order valence-corrected chi connectivity index (χ2v) is 8.88. The molecule has 0 amide bonds. The number of carbonyl (C=O) groups excluding carboxylic acids is 1. The average Bonchev–Trinajstić information content (AvgIpc) is 3.05. The molecular formula is C23H36Cl2N4O2. The number of aryl methyl sites for hydroxylation is 2. The number of hydrogen-bond acceptors (Lipinski definition) is 5. The fraction of sp³-hybridized carbons (Fsp3) is 0.739. The summed E-state index contributed by atoms with van der Waals surface area (Å²) in [5, 5.41) is 0.509. The Bertz CT molecular complexity index is 810. The highest BCUT2D eigenvalue weighted by molar-refractivity contribution is 6.35. The molecule has 0 spiro atoms. The van der Waals surface area contributed by atoms with Crippen LogP contribution in [0.3, 0.4) is 0 Å². The van der Waals surface area contributed by atoms with Gasteiger partial charge in [0.15, 0.2) is 10.8 Å². The Morgan fingerprint density at radius 1 is 0.806 bits per heavy atom. The number of fused-ring (bicyclic) bond motifs is 1. The van der Waals surface area contributed by atoms with E-state index in [0.29, 0.717) is 17.2 Å². The Morgan fingerprint density at radius 2 is 1.32 bits per heavy atom. The highest BCUT2D eigenvalue weighted by Crippen LogP contribution is 2.24. The number of aromatic nitrogens is 4. The number of imidazole rings is 1. The lowest BCUT2D eigenvalue weighted by Crippen LogP contribution is -2.01. The molecule has 0 aromatic carbocycles. The summed E-state index contributed by atoms with van der Waals surface area (Å²) in [5.74, 6) is 0.812. The summed E-state index contributed by atoms with van der Waals surface area (Å²) < 4.78 is 6.75. The standard InChI is InChI=1S/C23H36Cl2N4O2/c1-18-26-22-20(21(24)27-23(25)28-22)29(18)17-15-13-11-9-7-5-3-4-6-8-10-12-14-16-19(30)31-2/h3-17H2,1-2H3. The molecule has 2 aromatic heterocycles. The van der Waals surface area contributed by atoms with E-state index in [-0.39, 0.29) is 11.3 Å². The monoisotopic (exact) mass is 470 g/mol. The molecule has 31 heavy (non-hydrogen) atoms. The van der Waals surface area contributed by atoms with Gasteiger partial charge in [-0.15, -0.1) is 0 Å². The zero-order valence-electron chi connectivity index (χ0n) is 19.0. The third kappa shape index (κ3) is 9.32. The predicted octanol–water partition coefficient (Wildman–Crippen LogP) is 7.08. The lowest BCUT2D eigenvalue weighted by atomic mass is 10.0. The van der Waals surface area contributed by atoms with E-state index in [4.69, 9.17) is 23.2 Å². The third-order valence-corrected chi connectivity index (χ3v) is 6.15. The van der Waals surface area contributed by atoms with Gasteiger partial charge in [-0.05, 0) is 31.4 Å². The molecule has 8 heteroatoms. The fourth-order valence-electron chi connectivity index (χ4n) is 3.94. The minimum Gasteiger partial charge on any atom is -0.469 e. The first-order chi connectivity index (χ1) is 15.0. The number of halogens is 2. The van der Waals surface area contributed by atoms with Crippen LogP contribution >= 0.6 is 23.2 Å². The van der Waals surface area contributed by atoms with E-state index in [9.17, 15) is 4.79 Å². The molecule has 174 valence electrons. The van der Waals surface area contributed by atoms with Crippen molar-refractivity contribution in [2.75, 3.05) is 7.11 Å². The quantitative estimate of drug-likeness (QED) is 0.113. The van der Waals surface area contributed by atoms with Gasteiger partial charge in [0.2, 0.25) is 5.28 Å². The second kappa shape index (κ2) is 14.6. The van der Waals surface area contributed by atoms with Crippen molar-refractivity contribution >= 4 is 40.3 Å². The van der Waals surface area contributed by atoms with Crippen molar-refractivity contribution in [1.29, 1.82) is 0 Å². The van der Waals surface area contributed by atoms with Crippen molar-refractivity contribution in [2.45, 2.75) is 103 Å². The maximum absolute atomic E-state index is 11.0. The molecule has 2 aromatic rings. The van der Waals surface area contributed by atoms with Crippen molar-refractivity contribution < 1.29 is 9.53 Å². The van der Waals surface area contributed by atoms with Gasteiger partial charge in [-0.1, -0.05) is 82.2 Å². The van der Waals surface area contributed by atoms with Crippen LogP contribution in [0.25, 0.3) is 11.2 Å². The van der Waals surface area contributed by atoms with E-state index < -0.39 is 0 Å². The van der Waals surface area contributed by atoms with Crippen molar-refractivity contribution in [3.63, 3.8) is 0 Å². The Balaban J connectivity index is 1.45. The van der Waals surface area contributed by atoms with Crippen LogP contribution in [0.2, 0.25) is 10.4 Å². The SMILES string of the molecule is COC(=O)CCCCCCCCCCCCCCCn1c(C)nc2nc(Cl)nc(Cl)c21. The summed E-state index contributed by atoms with van der Waals surface area (Å²) in [4.78, 5) is 23.7. The number of nitrogens with zero attached hydrogens (tertiary/aromatic N) is 4. The van der Waals surface area contributed by atoms with Crippen LogP contribution in [0.15, 0.2) is 0 Å². The maximum atomic E-state index is 11.0. The van der Waals surface area contributed by atoms with Gasteiger partial charge in [-0.3, -0.25) is 4.79 Å². The lowest BCUT2D eigenvalue weighted by molar-refractivity contribution is -0.140. The predicted molar refractivity (Wildman–Crippen MR) is 127 cm³/mol. The van der Waals surface area contributed by atoms with Gasteiger partial charge < -0.3 is 9.30 Å². The molecule has 0 N–H and O–H groups in total. The molecular weight excluding hydrogens is 435 g/mol. The van der Waals surface area contributed by atoms with Gasteiger partial charge in [0.1, 0.15) is 11.3 Å². The number of carbonyl (C=O) groups is 1. The van der Waals surface area contributed by atoms with E-state index in [2.05, 4.69) is 24.3 Å². The van der Waals surface area contributed by atoms with Gasteiger partial charge >= 0.3 is 5.97 Å². The summed E-state index contributed by atoms with van der Waals surface area (Å²) in [7, 11) is 1.45. The van der Waals surface area contributed by atoms with Crippen molar-refractivity contribution in [3.05, 3.63) is 16.3 Å². The summed E-state index contributed by atoms with van der Waals surface area (Å²) in [6, 6.07) is 0. The lowest BCUT2D eigenvalue weighted by Gasteiger charge is -2.07. The molecule has 0 atom stereocenters. The Labute approximate surface area is 196 Å². The number of esters is 1. The average molecular weight is 471 g/mol. The molecule has 0 radical (unpaired) electrons. The first kappa shape index (κ1) is 25.9. The smallest absolute Gasteiger partial charge is 0.305 e. The molecule has 0 aliphatic rings. The molecule has 0 saturated carbocycles. The summed E-state index contributed by atoms with van der Waals surface area (Å²) in [5.41, 5.74) is 1.36. The van der Waals surface area contributed by atoms with Crippen LogP contribution < -0.4 is 0 Å². The van der Waals surface area contributed by atoms with Crippen molar-refractivity contribution in [2.24, 2.45) is 0 Å². The Hall–Kier alpha value is -1.40. The number of rotatable bonds is 16. The van der Waals surface area contributed by atoms with Crippen LogP contribution in [-0.2, 0) is 16.1 Å². The van der Waals surface area contributed by atoms with Gasteiger partial charge in [-0.25, -0.2) is 9.97 Å². The molecule has 2 rings (SSSR count). The molecule has 6 nitrogen and oxygen atoms in total. The fourth-order valence-corrected chi connectivity index (χ4v) is 4.41. The minimum atomic E-state index is -0.0882. The van der Waals surface area contributed by atoms with E-state index in [1.807, 2.05) is 6.92 Å². The number of unbranched alkanes of at least 4 members (excludes halogenated alkanes) is 12. The largest absolute Gasteiger partial charge is 0.469 e. The van der Waals surface area contributed by atoms with E-state index in [1.165, 1.54) is 71.3 Å². The topological polar surface area (TPSA) is 69.9 Å². The van der Waals surface area contributed by atoms with Gasteiger partial charge in [0, 0.05) is 13.0 Å². The summed E-state index contributed by atoms with van der Waals surface area (Å²) in [6.07, 6.45) is 16.7. The van der Waals surface area contributed by atoms with Crippen molar-refractivity contribution in [1.82, 2.24) is 19.5 Å². The normalized spacial score (nSPS) is 11.4. The zero-order chi connectivity index (χ0) is 22.5. The first-order valence-corrected chi connectivity index (χ1v) is 12.4. The number of hydrogen-bond donors (Lipinski definition) is 0. The number of ether oxygens (including phenoxy) is 1. The third-order valence-electron chi connectivity index (χ3n) is 5.71. The van der Waals surface area contributed by atoms with Crippen molar-refractivity contribution in [3.8, 4) is 0 Å². The number of methoxy groups -OCH3 is 1. The maximum Gasteiger partial charge on any atom is 0.305 e. The van der Waals surface area contributed by atoms with Crippen LogP contribution in [0, 0.1) is 6.92 Å². The molecule has 0 fully saturated rings. The minimum absolute atomic E-state index is 0.0882. The van der Waals surface area contributed by atoms with Gasteiger partial charge in [0.05, 0.1) is 7.11 Å². The molecule has 2 heterocycles. The Morgan fingerprint density at radius 3 is 1.87 bits per heavy atom.